The summed E-state index contributed by atoms with van der Waals surface area (Å²) in [7, 11) is 1.87. The molecule has 0 atom stereocenters. The Balaban J connectivity index is 2.19. The van der Waals surface area contributed by atoms with Crippen LogP contribution in [0.15, 0.2) is 36.4 Å². The molecule has 0 saturated heterocycles. The molecular formula is C17H20N2O. The van der Waals surface area contributed by atoms with Gasteiger partial charge in [-0.2, -0.15) is 0 Å². The van der Waals surface area contributed by atoms with Gasteiger partial charge in [0.05, 0.1) is 0 Å². The van der Waals surface area contributed by atoms with E-state index in [4.69, 9.17) is 0 Å². The van der Waals surface area contributed by atoms with Crippen LogP contribution in [0.4, 0.5) is 11.4 Å². The molecule has 104 valence electrons. The van der Waals surface area contributed by atoms with Crippen molar-refractivity contribution in [3.05, 3.63) is 58.7 Å². The fourth-order valence-corrected chi connectivity index (χ4v) is 2.11. The third-order valence-electron chi connectivity index (χ3n) is 3.52. The van der Waals surface area contributed by atoms with E-state index in [1.165, 1.54) is 11.1 Å². The summed E-state index contributed by atoms with van der Waals surface area (Å²) in [6.07, 6.45) is 0. The maximum atomic E-state index is 12.2. The Hall–Kier alpha value is -2.29. The van der Waals surface area contributed by atoms with Crippen molar-refractivity contribution in [3.63, 3.8) is 0 Å². The van der Waals surface area contributed by atoms with Gasteiger partial charge in [0.2, 0.25) is 0 Å². The molecule has 0 aliphatic carbocycles. The highest BCUT2D eigenvalue weighted by Gasteiger charge is 2.08. The Morgan fingerprint density at radius 1 is 0.900 bits per heavy atom. The van der Waals surface area contributed by atoms with E-state index in [9.17, 15) is 4.79 Å². The van der Waals surface area contributed by atoms with Crippen molar-refractivity contribution >= 4 is 17.3 Å². The minimum Gasteiger partial charge on any atom is -0.388 e. The molecule has 1 amide bonds. The molecule has 0 spiro atoms. The van der Waals surface area contributed by atoms with Crippen molar-refractivity contribution in [1.29, 1.82) is 0 Å². The molecule has 0 unspecified atom stereocenters. The predicted molar refractivity (Wildman–Crippen MR) is 84.6 cm³/mol. The van der Waals surface area contributed by atoms with Gasteiger partial charge in [0.15, 0.2) is 0 Å². The van der Waals surface area contributed by atoms with Gasteiger partial charge in [0.1, 0.15) is 0 Å². The van der Waals surface area contributed by atoms with Gasteiger partial charge in [-0.3, -0.25) is 4.79 Å². The van der Waals surface area contributed by atoms with Gasteiger partial charge < -0.3 is 10.6 Å². The predicted octanol–water partition coefficient (Wildman–Crippen LogP) is 3.91. The average molecular weight is 268 g/mol. The third-order valence-corrected chi connectivity index (χ3v) is 3.52. The third kappa shape index (κ3) is 2.99. The summed E-state index contributed by atoms with van der Waals surface area (Å²) in [6, 6.07) is 11.6. The van der Waals surface area contributed by atoms with Crippen LogP contribution in [0, 0.1) is 20.8 Å². The van der Waals surface area contributed by atoms with Crippen LogP contribution in [0.3, 0.4) is 0 Å². The van der Waals surface area contributed by atoms with E-state index >= 15 is 0 Å². The number of hydrogen-bond acceptors (Lipinski definition) is 2. The minimum absolute atomic E-state index is 0.0843. The van der Waals surface area contributed by atoms with Crippen molar-refractivity contribution in [2.24, 2.45) is 0 Å². The van der Waals surface area contributed by atoms with E-state index < -0.39 is 0 Å². The number of hydrogen-bond donors (Lipinski definition) is 2. The van der Waals surface area contributed by atoms with Crippen molar-refractivity contribution in [2.45, 2.75) is 20.8 Å². The highest BCUT2D eigenvalue weighted by Crippen LogP contribution is 2.18. The van der Waals surface area contributed by atoms with Gasteiger partial charge >= 0.3 is 0 Å². The zero-order valence-corrected chi connectivity index (χ0v) is 12.4. The second-order valence-corrected chi connectivity index (χ2v) is 5.03. The number of amides is 1. The van der Waals surface area contributed by atoms with Crippen molar-refractivity contribution < 1.29 is 4.79 Å². The van der Waals surface area contributed by atoms with E-state index in [-0.39, 0.29) is 5.91 Å². The van der Waals surface area contributed by atoms with Gasteiger partial charge in [-0.1, -0.05) is 6.07 Å². The lowest BCUT2D eigenvalue weighted by molar-refractivity contribution is 0.102. The lowest BCUT2D eigenvalue weighted by Gasteiger charge is -2.10. The number of aryl methyl sites for hydroxylation is 3. The molecule has 0 bridgehead atoms. The minimum atomic E-state index is -0.0843. The maximum absolute atomic E-state index is 12.2. The molecule has 0 aliphatic heterocycles. The maximum Gasteiger partial charge on any atom is 0.255 e. The van der Waals surface area contributed by atoms with Gasteiger partial charge in [0, 0.05) is 24.0 Å². The molecule has 20 heavy (non-hydrogen) atoms. The van der Waals surface area contributed by atoms with Gasteiger partial charge in [-0.15, -0.1) is 0 Å². The van der Waals surface area contributed by atoms with Gasteiger partial charge in [0.25, 0.3) is 5.91 Å². The first kappa shape index (κ1) is 14.1. The lowest BCUT2D eigenvalue weighted by atomic mass is 10.1. The SMILES string of the molecule is CNc1ccc(C(=O)Nc2ccc(C)c(C)c2)cc1C. The first-order valence-electron chi connectivity index (χ1n) is 6.68. The molecular weight excluding hydrogens is 248 g/mol. The molecule has 0 radical (unpaired) electrons. The van der Waals surface area contributed by atoms with E-state index in [1.54, 1.807) is 0 Å². The zero-order valence-electron chi connectivity index (χ0n) is 12.4. The van der Waals surface area contributed by atoms with Crippen molar-refractivity contribution in [3.8, 4) is 0 Å². The van der Waals surface area contributed by atoms with Gasteiger partial charge in [-0.05, 0) is 67.8 Å². The van der Waals surface area contributed by atoms with Gasteiger partial charge in [-0.25, -0.2) is 0 Å². The molecule has 0 aromatic heterocycles. The topological polar surface area (TPSA) is 41.1 Å². The first-order valence-corrected chi connectivity index (χ1v) is 6.68. The molecule has 2 rings (SSSR count). The monoisotopic (exact) mass is 268 g/mol. The van der Waals surface area contributed by atoms with E-state index in [0.717, 1.165) is 16.9 Å². The van der Waals surface area contributed by atoms with Crippen LogP contribution in [0.2, 0.25) is 0 Å². The van der Waals surface area contributed by atoms with Crippen molar-refractivity contribution in [1.82, 2.24) is 0 Å². The molecule has 2 N–H and O–H groups in total. The Kier molecular flexibility index (Phi) is 4.08. The summed E-state index contributed by atoms with van der Waals surface area (Å²) in [5.74, 6) is -0.0843. The van der Waals surface area contributed by atoms with Crippen LogP contribution in [-0.2, 0) is 0 Å². The largest absolute Gasteiger partial charge is 0.388 e. The fourth-order valence-electron chi connectivity index (χ4n) is 2.11. The van der Waals surface area contributed by atoms with E-state index in [0.29, 0.717) is 5.56 Å². The van der Waals surface area contributed by atoms with Crippen LogP contribution in [-0.4, -0.2) is 13.0 Å². The average Bonchev–Trinajstić information content (AvgIpc) is 2.42. The quantitative estimate of drug-likeness (QED) is 0.886. The number of benzene rings is 2. The molecule has 0 aliphatic rings. The van der Waals surface area contributed by atoms with E-state index in [2.05, 4.69) is 17.6 Å². The Morgan fingerprint density at radius 3 is 2.25 bits per heavy atom. The Labute approximate surface area is 120 Å². The molecule has 2 aromatic carbocycles. The number of anilines is 2. The second-order valence-electron chi connectivity index (χ2n) is 5.03. The summed E-state index contributed by atoms with van der Waals surface area (Å²) in [6.45, 7) is 6.08. The number of carbonyl (C=O) groups is 1. The molecule has 3 nitrogen and oxygen atoms in total. The van der Waals surface area contributed by atoms with E-state index in [1.807, 2.05) is 57.3 Å². The standard InChI is InChI=1S/C17H20N2O/c1-11-5-7-15(10-12(11)2)19-17(20)14-6-8-16(18-4)13(3)9-14/h5-10,18H,1-4H3,(H,19,20). The highest BCUT2D eigenvalue weighted by molar-refractivity contribution is 6.04. The molecule has 0 heterocycles. The molecule has 0 saturated carbocycles. The normalized spacial score (nSPS) is 10.2. The smallest absolute Gasteiger partial charge is 0.255 e. The Morgan fingerprint density at radius 2 is 1.65 bits per heavy atom. The fraction of sp³-hybridized carbons (Fsp3) is 0.235. The molecule has 2 aromatic rings. The Bertz CT molecular complexity index is 647. The first-order chi connectivity index (χ1) is 9.51. The zero-order chi connectivity index (χ0) is 14.7. The number of carbonyl (C=O) groups excluding carboxylic acids is 1. The van der Waals surface area contributed by atoms with Crippen LogP contribution in [0.5, 0.6) is 0 Å². The van der Waals surface area contributed by atoms with Crippen LogP contribution >= 0.6 is 0 Å². The lowest BCUT2D eigenvalue weighted by Crippen LogP contribution is -2.12. The van der Waals surface area contributed by atoms with Crippen LogP contribution in [0.25, 0.3) is 0 Å². The number of nitrogens with one attached hydrogen (secondary N) is 2. The van der Waals surface area contributed by atoms with Crippen LogP contribution < -0.4 is 10.6 Å². The molecule has 3 heteroatoms. The number of rotatable bonds is 3. The summed E-state index contributed by atoms with van der Waals surface area (Å²) < 4.78 is 0. The molecule has 0 fully saturated rings. The highest BCUT2D eigenvalue weighted by atomic mass is 16.1. The summed E-state index contributed by atoms with van der Waals surface area (Å²) >= 11 is 0. The second kappa shape index (κ2) is 5.78. The summed E-state index contributed by atoms with van der Waals surface area (Å²) in [4.78, 5) is 12.2. The van der Waals surface area contributed by atoms with Crippen LogP contribution in [0.1, 0.15) is 27.0 Å². The summed E-state index contributed by atoms with van der Waals surface area (Å²) in [5.41, 5.74) is 5.97. The summed E-state index contributed by atoms with van der Waals surface area (Å²) in [5, 5.41) is 6.02. The van der Waals surface area contributed by atoms with Crippen molar-refractivity contribution in [2.75, 3.05) is 17.7 Å².